The first-order valence-electron chi connectivity index (χ1n) is 7.91. The number of rotatable bonds is 5. The molecule has 3 rings (SSSR count). The summed E-state index contributed by atoms with van der Waals surface area (Å²) in [5, 5.41) is 3.39. The summed E-state index contributed by atoms with van der Waals surface area (Å²) in [5.41, 5.74) is 2.09. The molecule has 0 aliphatic carbocycles. The van der Waals surface area contributed by atoms with E-state index in [4.69, 9.17) is 4.74 Å². The molecule has 1 heterocycles. The highest BCUT2D eigenvalue weighted by molar-refractivity contribution is 5.65. The number of hydrogen-bond acceptors (Lipinski definition) is 3. The van der Waals surface area contributed by atoms with Gasteiger partial charge < -0.3 is 15.0 Å². The third-order valence-corrected chi connectivity index (χ3v) is 4.11. The number of ether oxygens (including phenoxy) is 1. The second-order valence-corrected chi connectivity index (χ2v) is 5.61. The van der Waals surface area contributed by atoms with Crippen molar-refractivity contribution in [2.24, 2.45) is 0 Å². The van der Waals surface area contributed by atoms with E-state index in [1.807, 2.05) is 36.4 Å². The summed E-state index contributed by atoms with van der Waals surface area (Å²) >= 11 is 0. The highest BCUT2D eigenvalue weighted by Gasteiger charge is 2.22. The van der Waals surface area contributed by atoms with Crippen LogP contribution in [0.25, 0.3) is 0 Å². The summed E-state index contributed by atoms with van der Waals surface area (Å²) in [7, 11) is 0. The number of benzene rings is 2. The maximum atomic E-state index is 13.3. The van der Waals surface area contributed by atoms with Gasteiger partial charge in [-0.05, 0) is 74.5 Å². The minimum Gasteiger partial charge on any atom is -0.466 e. The van der Waals surface area contributed by atoms with Crippen molar-refractivity contribution in [1.82, 2.24) is 5.32 Å². The Morgan fingerprint density at radius 1 is 1.00 bits per heavy atom. The minimum atomic E-state index is -0.214. The zero-order chi connectivity index (χ0) is 16.1. The number of piperidine rings is 1. The largest absolute Gasteiger partial charge is 0.466 e. The van der Waals surface area contributed by atoms with Crippen LogP contribution in [0.5, 0.6) is 5.75 Å². The van der Waals surface area contributed by atoms with Gasteiger partial charge in [0.1, 0.15) is 11.6 Å². The van der Waals surface area contributed by atoms with Gasteiger partial charge in [-0.1, -0.05) is 6.58 Å². The Kier molecular flexibility index (Phi) is 4.93. The van der Waals surface area contributed by atoms with Crippen LogP contribution in [0.3, 0.4) is 0 Å². The number of anilines is 2. The average molecular weight is 312 g/mol. The Labute approximate surface area is 136 Å². The van der Waals surface area contributed by atoms with Gasteiger partial charge in [0.25, 0.3) is 0 Å². The molecule has 0 radical (unpaired) electrons. The molecule has 0 amide bonds. The van der Waals surface area contributed by atoms with Crippen molar-refractivity contribution >= 4 is 11.4 Å². The van der Waals surface area contributed by atoms with Crippen molar-refractivity contribution in [2.45, 2.75) is 18.9 Å². The van der Waals surface area contributed by atoms with E-state index in [0.29, 0.717) is 6.04 Å². The molecule has 4 heteroatoms. The molecule has 0 atom stereocenters. The molecule has 1 fully saturated rings. The fourth-order valence-electron chi connectivity index (χ4n) is 3.02. The van der Waals surface area contributed by atoms with Gasteiger partial charge in [-0.3, -0.25) is 0 Å². The summed E-state index contributed by atoms with van der Waals surface area (Å²) in [6.07, 6.45) is 3.53. The van der Waals surface area contributed by atoms with Gasteiger partial charge >= 0.3 is 0 Å². The lowest BCUT2D eigenvalue weighted by Gasteiger charge is -2.36. The lowest BCUT2D eigenvalue weighted by Crippen LogP contribution is -2.40. The quantitative estimate of drug-likeness (QED) is 0.836. The van der Waals surface area contributed by atoms with Crippen molar-refractivity contribution in [3.8, 4) is 5.75 Å². The van der Waals surface area contributed by atoms with E-state index in [9.17, 15) is 4.39 Å². The van der Waals surface area contributed by atoms with Crippen LogP contribution in [0.15, 0.2) is 61.4 Å². The standard InChI is InChI=1S/C19H21FN2O/c1-2-23-19-9-7-17(8-10-19)22(18-11-13-21-14-12-18)16-5-3-15(20)4-6-16/h2-10,18,21H,1,11-14H2. The SMILES string of the molecule is C=COc1ccc(N(c2ccc(F)cc2)C2CCNCC2)cc1. The van der Waals surface area contributed by atoms with E-state index < -0.39 is 0 Å². The van der Waals surface area contributed by atoms with Crippen LogP contribution in [0.2, 0.25) is 0 Å². The molecule has 1 aliphatic rings. The van der Waals surface area contributed by atoms with Crippen LogP contribution in [0, 0.1) is 5.82 Å². The average Bonchev–Trinajstić information content (AvgIpc) is 2.60. The van der Waals surface area contributed by atoms with E-state index in [-0.39, 0.29) is 5.82 Å². The van der Waals surface area contributed by atoms with Crippen molar-refractivity contribution in [3.05, 3.63) is 67.2 Å². The molecule has 2 aromatic carbocycles. The van der Waals surface area contributed by atoms with Gasteiger partial charge in [-0.25, -0.2) is 4.39 Å². The van der Waals surface area contributed by atoms with E-state index in [0.717, 1.165) is 43.1 Å². The van der Waals surface area contributed by atoms with Crippen LogP contribution in [-0.2, 0) is 0 Å². The third-order valence-electron chi connectivity index (χ3n) is 4.11. The molecule has 0 spiro atoms. The lowest BCUT2D eigenvalue weighted by atomic mass is 10.0. The minimum absolute atomic E-state index is 0.214. The van der Waals surface area contributed by atoms with Crippen molar-refractivity contribution in [1.29, 1.82) is 0 Å². The molecule has 0 saturated carbocycles. The predicted molar refractivity (Wildman–Crippen MR) is 91.7 cm³/mol. The Bertz CT molecular complexity index is 633. The first-order valence-corrected chi connectivity index (χ1v) is 7.91. The summed E-state index contributed by atoms with van der Waals surface area (Å²) in [6.45, 7) is 5.57. The van der Waals surface area contributed by atoms with E-state index in [2.05, 4.69) is 16.8 Å². The van der Waals surface area contributed by atoms with Crippen LogP contribution in [0.1, 0.15) is 12.8 Å². The molecular weight excluding hydrogens is 291 g/mol. The lowest BCUT2D eigenvalue weighted by molar-refractivity contribution is 0.451. The van der Waals surface area contributed by atoms with E-state index >= 15 is 0 Å². The Morgan fingerprint density at radius 2 is 1.57 bits per heavy atom. The third kappa shape index (κ3) is 3.71. The normalized spacial score (nSPS) is 15.2. The van der Waals surface area contributed by atoms with Crippen LogP contribution < -0.4 is 15.0 Å². The van der Waals surface area contributed by atoms with Gasteiger partial charge in [0.15, 0.2) is 0 Å². The van der Waals surface area contributed by atoms with Gasteiger partial charge in [-0.15, -0.1) is 0 Å². The number of hydrogen-bond donors (Lipinski definition) is 1. The molecular formula is C19H21FN2O. The van der Waals surface area contributed by atoms with E-state index in [1.165, 1.54) is 18.4 Å². The molecule has 120 valence electrons. The van der Waals surface area contributed by atoms with Gasteiger partial charge in [-0.2, -0.15) is 0 Å². The maximum Gasteiger partial charge on any atom is 0.126 e. The van der Waals surface area contributed by atoms with Crippen LogP contribution in [0.4, 0.5) is 15.8 Å². The summed E-state index contributed by atoms with van der Waals surface area (Å²) in [4.78, 5) is 2.29. The summed E-state index contributed by atoms with van der Waals surface area (Å²) in [6, 6.07) is 15.0. The fourth-order valence-corrected chi connectivity index (χ4v) is 3.02. The van der Waals surface area contributed by atoms with Crippen molar-refractivity contribution in [2.75, 3.05) is 18.0 Å². The second-order valence-electron chi connectivity index (χ2n) is 5.61. The monoisotopic (exact) mass is 312 g/mol. The molecule has 3 nitrogen and oxygen atoms in total. The highest BCUT2D eigenvalue weighted by atomic mass is 19.1. The zero-order valence-corrected chi connectivity index (χ0v) is 13.0. The topological polar surface area (TPSA) is 24.5 Å². The highest BCUT2D eigenvalue weighted by Crippen LogP contribution is 2.32. The molecule has 1 aliphatic heterocycles. The first-order chi connectivity index (χ1) is 11.3. The van der Waals surface area contributed by atoms with E-state index in [1.54, 1.807) is 0 Å². The maximum absolute atomic E-state index is 13.3. The summed E-state index contributed by atoms with van der Waals surface area (Å²) < 4.78 is 18.6. The van der Waals surface area contributed by atoms with Crippen molar-refractivity contribution < 1.29 is 9.13 Å². The second kappa shape index (κ2) is 7.29. The Hall–Kier alpha value is -2.33. The first kappa shape index (κ1) is 15.6. The smallest absolute Gasteiger partial charge is 0.126 e. The molecule has 0 unspecified atom stereocenters. The number of nitrogens with one attached hydrogen (secondary N) is 1. The predicted octanol–water partition coefficient (Wildman–Crippen LogP) is 4.24. The number of nitrogens with zero attached hydrogens (tertiary/aromatic N) is 1. The van der Waals surface area contributed by atoms with Crippen molar-refractivity contribution in [3.63, 3.8) is 0 Å². The zero-order valence-electron chi connectivity index (χ0n) is 13.0. The molecule has 0 aromatic heterocycles. The Morgan fingerprint density at radius 3 is 2.13 bits per heavy atom. The molecule has 23 heavy (non-hydrogen) atoms. The van der Waals surface area contributed by atoms with Gasteiger partial charge in [0, 0.05) is 17.4 Å². The Balaban J connectivity index is 1.93. The molecule has 1 saturated heterocycles. The van der Waals surface area contributed by atoms with Crippen LogP contribution in [-0.4, -0.2) is 19.1 Å². The number of halogens is 1. The van der Waals surface area contributed by atoms with Gasteiger partial charge in [0.05, 0.1) is 6.26 Å². The van der Waals surface area contributed by atoms with Crippen LogP contribution >= 0.6 is 0 Å². The molecule has 1 N–H and O–H groups in total. The summed E-state index contributed by atoms with van der Waals surface area (Å²) in [5.74, 6) is 0.543. The molecule has 2 aromatic rings. The fraction of sp³-hybridized carbons (Fsp3) is 0.263. The van der Waals surface area contributed by atoms with Gasteiger partial charge in [0.2, 0.25) is 0 Å². The molecule has 0 bridgehead atoms.